The van der Waals surface area contributed by atoms with Crippen LogP contribution in [0.4, 0.5) is 0 Å². The molecule has 0 rings (SSSR count). The molecule has 0 aromatic heterocycles. The number of carbonyl (C=O) groups excluding carboxylic acids is 2. The number of ketones is 1. The lowest BCUT2D eigenvalue weighted by atomic mass is 10.4. The van der Waals surface area contributed by atoms with Gasteiger partial charge in [-0.05, 0) is 0 Å². The van der Waals surface area contributed by atoms with E-state index >= 15 is 0 Å². The highest BCUT2D eigenvalue weighted by atomic mass is 35.5. The Labute approximate surface area is 45.8 Å². The summed E-state index contributed by atoms with van der Waals surface area (Å²) in [6, 6.07) is 0. The number of hydrogen-bond acceptors (Lipinski definition) is 2. The van der Waals surface area contributed by atoms with Gasteiger partial charge in [-0.1, -0.05) is 11.6 Å². The molecule has 38 valence electrons. The summed E-state index contributed by atoms with van der Waals surface area (Å²) in [4.78, 5) is 19.4. The second kappa shape index (κ2) is 2.56. The molecule has 0 amide bonds. The molecule has 0 aromatic rings. The van der Waals surface area contributed by atoms with E-state index in [0.29, 0.717) is 0 Å². The minimum Gasteiger partial charge on any atom is -0.293 e. The van der Waals surface area contributed by atoms with Gasteiger partial charge in [-0.3, -0.25) is 4.79 Å². The van der Waals surface area contributed by atoms with Gasteiger partial charge in [0, 0.05) is 6.92 Å². The van der Waals surface area contributed by atoms with Gasteiger partial charge >= 0.3 is 0 Å². The smallest absolute Gasteiger partial charge is 0.182 e. The molecule has 0 aliphatic rings. The van der Waals surface area contributed by atoms with Crippen LogP contribution in [0, 0.1) is 0 Å². The lowest BCUT2D eigenvalue weighted by molar-refractivity contribution is -0.112. The van der Waals surface area contributed by atoms with Gasteiger partial charge in [0.15, 0.2) is 10.8 Å². The summed E-state index contributed by atoms with van der Waals surface area (Å²) in [7, 11) is 0. The summed E-state index contributed by atoms with van der Waals surface area (Å²) < 4.78 is 0. The van der Waals surface area contributed by atoms with E-state index in [1.807, 2.05) is 0 Å². The van der Waals surface area contributed by atoms with Crippen molar-refractivity contribution in [2.75, 3.05) is 0 Å². The van der Waals surface area contributed by atoms with Crippen LogP contribution in [0.2, 0.25) is 0 Å². The van der Waals surface area contributed by atoms with Crippen molar-refractivity contribution < 1.29 is 9.59 Å². The number of carbonyl (C=O) groups is 1. The number of rotatable bonds is 1. The van der Waals surface area contributed by atoms with E-state index in [1.54, 1.807) is 0 Å². The molecule has 0 heterocycles. The molecule has 0 bridgehead atoms. The summed E-state index contributed by atoms with van der Waals surface area (Å²) in [5.74, 6) is 0.799. The van der Waals surface area contributed by atoms with Gasteiger partial charge < -0.3 is 0 Å². The third-order valence-corrected chi connectivity index (χ3v) is 0.742. The molecule has 0 aliphatic carbocycles. The zero-order chi connectivity index (χ0) is 5.86. The summed E-state index contributed by atoms with van der Waals surface area (Å²) in [6.45, 7) is 1.20. The van der Waals surface area contributed by atoms with Crippen molar-refractivity contribution in [1.82, 2.24) is 0 Å². The highest BCUT2D eigenvalue weighted by Crippen LogP contribution is 1.93. The van der Waals surface area contributed by atoms with Crippen LogP contribution < -0.4 is 0 Å². The number of hydrogen-bond donors (Lipinski definition) is 0. The van der Waals surface area contributed by atoms with Crippen molar-refractivity contribution in [2.24, 2.45) is 0 Å². The van der Waals surface area contributed by atoms with E-state index in [4.69, 9.17) is 11.6 Å². The summed E-state index contributed by atoms with van der Waals surface area (Å²) >= 11 is 4.94. The molecule has 0 unspecified atom stereocenters. The number of Topliss-reactive ketones (excluding diaryl/α,β-unsaturated/α-hetero) is 1. The third-order valence-electron chi connectivity index (χ3n) is 0.399. The molecule has 0 atom stereocenters. The maximum Gasteiger partial charge on any atom is 0.182 e. The molecule has 3 heteroatoms. The van der Waals surface area contributed by atoms with Gasteiger partial charge in [-0.25, -0.2) is 4.79 Å². The van der Waals surface area contributed by atoms with Crippen LogP contribution in [0.3, 0.4) is 0 Å². The predicted molar refractivity (Wildman–Crippen MR) is 25.7 cm³/mol. The van der Waals surface area contributed by atoms with Crippen molar-refractivity contribution in [3.05, 3.63) is 5.03 Å². The molecule has 0 fully saturated rings. The molecule has 0 saturated carbocycles. The van der Waals surface area contributed by atoms with Gasteiger partial charge in [0.2, 0.25) is 0 Å². The van der Waals surface area contributed by atoms with Gasteiger partial charge in [-0.15, -0.1) is 0 Å². The lowest BCUT2D eigenvalue weighted by Crippen LogP contribution is -1.87. The number of allylic oxidation sites excluding steroid dienone is 1. The highest BCUT2D eigenvalue weighted by Gasteiger charge is 1.95. The average molecular weight is 119 g/mol. The Kier molecular flexibility index (Phi) is 2.34. The van der Waals surface area contributed by atoms with E-state index in [2.05, 4.69) is 0 Å². The Morgan fingerprint density at radius 2 is 2.14 bits per heavy atom. The normalized spacial score (nSPS) is 7.14. The van der Waals surface area contributed by atoms with Crippen LogP contribution in [0.25, 0.3) is 0 Å². The van der Waals surface area contributed by atoms with Crippen LogP contribution in [0.1, 0.15) is 6.92 Å². The standard InChI is InChI=1S/C4H3ClO2/c1-3(7)4(5)2-6/h1H3. The minimum absolute atomic E-state index is 0.375. The van der Waals surface area contributed by atoms with Crippen molar-refractivity contribution in [3.63, 3.8) is 0 Å². The quantitative estimate of drug-likeness (QED) is 0.372. The Balaban J connectivity index is 4.10. The SMILES string of the molecule is CC(=O)C(Cl)=C=O. The summed E-state index contributed by atoms with van der Waals surface area (Å²) in [5.41, 5.74) is 0. The Morgan fingerprint density at radius 3 is 2.14 bits per heavy atom. The van der Waals surface area contributed by atoms with Crippen LogP contribution in [0.5, 0.6) is 0 Å². The largest absolute Gasteiger partial charge is 0.293 e. The van der Waals surface area contributed by atoms with Crippen LogP contribution in [0.15, 0.2) is 5.03 Å². The average Bonchev–Trinajstić information content (AvgIpc) is 1.65. The van der Waals surface area contributed by atoms with Gasteiger partial charge in [-0.2, -0.15) is 0 Å². The van der Waals surface area contributed by atoms with E-state index in [1.165, 1.54) is 12.9 Å². The van der Waals surface area contributed by atoms with E-state index in [0.717, 1.165) is 0 Å². The Bertz CT molecular complexity index is 133. The molecule has 0 aromatic carbocycles. The maximum absolute atomic E-state index is 9.94. The Morgan fingerprint density at radius 1 is 1.71 bits per heavy atom. The first-order chi connectivity index (χ1) is 3.18. The zero-order valence-electron chi connectivity index (χ0n) is 3.69. The van der Waals surface area contributed by atoms with Crippen molar-refractivity contribution >= 4 is 23.3 Å². The second-order valence-electron chi connectivity index (χ2n) is 0.972. The first-order valence-electron chi connectivity index (χ1n) is 1.60. The minimum atomic E-state index is -0.448. The number of halogens is 1. The van der Waals surface area contributed by atoms with Gasteiger partial charge in [0.25, 0.3) is 0 Å². The van der Waals surface area contributed by atoms with Gasteiger partial charge in [0.1, 0.15) is 5.94 Å². The van der Waals surface area contributed by atoms with Crippen LogP contribution in [-0.4, -0.2) is 11.7 Å². The first kappa shape index (κ1) is 6.41. The molecule has 0 N–H and O–H groups in total. The fourth-order valence-corrected chi connectivity index (χ4v) is 0.0719. The molecule has 0 spiro atoms. The monoisotopic (exact) mass is 118 g/mol. The molecule has 7 heavy (non-hydrogen) atoms. The predicted octanol–water partition coefficient (Wildman–Crippen LogP) is 0.530. The molecular weight excluding hydrogens is 115 g/mol. The van der Waals surface area contributed by atoms with E-state index in [-0.39, 0.29) is 5.03 Å². The molecule has 2 nitrogen and oxygen atoms in total. The third kappa shape index (κ3) is 2.15. The topological polar surface area (TPSA) is 34.1 Å². The van der Waals surface area contributed by atoms with Crippen molar-refractivity contribution in [2.45, 2.75) is 6.92 Å². The lowest BCUT2D eigenvalue weighted by Gasteiger charge is -1.74. The van der Waals surface area contributed by atoms with E-state index < -0.39 is 5.78 Å². The molecule has 0 aliphatic heterocycles. The summed E-state index contributed by atoms with van der Waals surface area (Å²) in [6.07, 6.45) is 0. The molecule has 0 radical (unpaired) electrons. The first-order valence-corrected chi connectivity index (χ1v) is 1.98. The van der Waals surface area contributed by atoms with Crippen molar-refractivity contribution in [3.8, 4) is 0 Å². The van der Waals surface area contributed by atoms with Crippen molar-refractivity contribution in [1.29, 1.82) is 0 Å². The summed E-state index contributed by atoms with van der Waals surface area (Å²) in [5, 5.41) is -0.375. The van der Waals surface area contributed by atoms with E-state index in [9.17, 15) is 9.59 Å². The molecule has 0 saturated heterocycles. The van der Waals surface area contributed by atoms with Gasteiger partial charge in [0.05, 0.1) is 0 Å². The highest BCUT2D eigenvalue weighted by molar-refractivity contribution is 6.45. The zero-order valence-corrected chi connectivity index (χ0v) is 4.45. The Hall–Kier alpha value is -0.590. The maximum atomic E-state index is 9.94. The van der Waals surface area contributed by atoms with Crippen LogP contribution >= 0.6 is 11.6 Å². The van der Waals surface area contributed by atoms with Crippen LogP contribution in [-0.2, 0) is 9.59 Å². The molecular formula is C4H3ClO2. The fraction of sp³-hybridized carbons (Fsp3) is 0.250. The second-order valence-corrected chi connectivity index (χ2v) is 1.35. The fourth-order valence-electron chi connectivity index (χ4n) is 0.0719.